The predicted molar refractivity (Wildman–Crippen MR) is 63.4 cm³/mol. The Morgan fingerprint density at radius 2 is 2.24 bits per heavy atom. The van der Waals surface area contributed by atoms with Gasteiger partial charge >= 0.3 is 0 Å². The fourth-order valence-corrected chi connectivity index (χ4v) is 2.51. The molecule has 2 aromatic rings. The summed E-state index contributed by atoms with van der Waals surface area (Å²) in [5.41, 5.74) is 6.56. The van der Waals surface area contributed by atoms with Crippen molar-refractivity contribution in [3.63, 3.8) is 0 Å². The minimum atomic E-state index is -0.338. The van der Waals surface area contributed by atoms with Crippen molar-refractivity contribution in [2.24, 2.45) is 0 Å². The molecular formula is C11H15N5O. The summed E-state index contributed by atoms with van der Waals surface area (Å²) in [4.78, 5) is 8.49. The first-order chi connectivity index (χ1) is 8.16. The van der Waals surface area contributed by atoms with E-state index in [4.69, 9.17) is 5.73 Å². The Morgan fingerprint density at radius 3 is 2.94 bits per heavy atom. The third kappa shape index (κ3) is 1.56. The summed E-state index contributed by atoms with van der Waals surface area (Å²) in [6.45, 7) is 1.80. The smallest absolute Gasteiger partial charge is 0.163 e. The molecule has 17 heavy (non-hydrogen) atoms. The maximum absolute atomic E-state index is 9.92. The van der Waals surface area contributed by atoms with E-state index in [-0.39, 0.29) is 12.1 Å². The molecule has 3 N–H and O–H groups in total. The third-order valence-corrected chi connectivity index (χ3v) is 3.35. The van der Waals surface area contributed by atoms with E-state index in [1.807, 2.05) is 0 Å². The molecule has 90 valence electrons. The zero-order chi connectivity index (χ0) is 12.0. The van der Waals surface area contributed by atoms with E-state index in [0.29, 0.717) is 11.6 Å². The Labute approximate surface area is 98.5 Å². The van der Waals surface area contributed by atoms with Crippen LogP contribution in [0.1, 0.15) is 31.1 Å². The maximum atomic E-state index is 9.92. The summed E-state index contributed by atoms with van der Waals surface area (Å²) in [5, 5.41) is 15.0. The summed E-state index contributed by atoms with van der Waals surface area (Å²) in [7, 11) is 0. The average Bonchev–Trinajstić information content (AvgIpc) is 2.84. The van der Waals surface area contributed by atoms with E-state index in [9.17, 15) is 5.11 Å². The lowest BCUT2D eigenvalue weighted by atomic mass is 10.2. The molecule has 2 atom stereocenters. The molecule has 0 aliphatic heterocycles. The second-order valence-electron chi connectivity index (χ2n) is 4.55. The molecule has 1 aliphatic carbocycles. The molecule has 3 rings (SSSR count). The van der Waals surface area contributed by atoms with E-state index in [0.717, 1.165) is 30.3 Å². The zero-order valence-corrected chi connectivity index (χ0v) is 9.67. The van der Waals surface area contributed by atoms with Gasteiger partial charge in [0.05, 0.1) is 23.7 Å². The Hall–Kier alpha value is -1.69. The van der Waals surface area contributed by atoms with Crippen LogP contribution in [0.15, 0.2) is 6.20 Å². The normalized spacial score (nSPS) is 24.6. The van der Waals surface area contributed by atoms with Crippen molar-refractivity contribution in [3.8, 4) is 0 Å². The number of hydrogen-bond donors (Lipinski definition) is 2. The highest BCUT2D eigenvalue weighted by Crippen LogP contribution is 2.32. The summed E-state index contributed by atoms with van der Waals surface area (Å²) >= 11 is 0. The van der Waals surface area contributed by atoms with Crippen LogP contribution < -0.4 is 5.73 Å². The Kier molecular flexibility index (Phi) is 2.25. The van der Waals surface area contributed by atoms with E-state index in [1.165, 1.54) is 0 Å². The van der Waals surface area contributed by atoms with Gasteiger partial charge in [-0.3, -0.25) is 0 Å². The number of aromatic nitrogens is 4. The van der Waals surface area contributed by atoms with Crippen LogP contribution in [-0.2, 0) is 0 Å². The molecule has 0 radical (unpaired) electrons. The van der Waals surface area contributed by atoms with Crippen molar-refractivity contribution in [1.29, 1.82) is 0 Å². The van der Waals surface area contributed by atoms with Crippen molar-refractivity contribution in [2.75, 3.05) is 5.73 Å². The topological polar surface area (TPSA) is 89.8 Å². The van der Waals surface area contributed by atoms with Crippen LogP contribution in [0.5, 0.6) is 0 Å². The Morgan fingerprint density at radius 1 is 1.41 bits per heavy atom. The van der Waals surface area contributed by atoms with Gasteiger partial charge in [0.25, 0.3) is 0 Å². The van der Waals surface area contributed by atoms with Crippen molar-refractivity contribution in [3.05, 3.63) is 12.0 Å². The van der Waals surface area contributed by atoms with Gasteiger partial charge in [-0.05, 0) is 26.2 Å². The number of aliphatic hydroxyl groups is 1. The number of nitrogens with zero attached hydrogens (tertiary/aromatic N) is 4. The molecule has 1 fully saturated rings. The Balaban J connectivity index is 2.17. The number of nitrogens with two attached hydrogens (primary N) is 1. The van der Waals surface area contributed by atoms with Gasteiger partial charge in [0.15, 0.2) is 5.65 Å². The van der Waals surface area contributed by atoms with Crippen LogP contribution in [-0.4, -0.2) is 31.0 Å². The fourth-order valence-electron chi connectivity index (χ4n) is 2.51. The molecule has 0 aromatic carbocycles. The van der Waals surface area contributed by atoms with Crippen LogP contribution >= 0.6 is 0 Å². The summed E-state index contributed by atoms with van der Waals surface area (Å²) in [6, 6.07) is 0.0150. The first-order valence-corrected chi connectivity index (χ1v) is 5.82. The second kappa shape index (κ2) is 3.66. The quantitative estimate of drug-likeness (QED) is 0.760. The molecule has 6 heteroatoms. The lowest BCUT2D eigenvalue weighted by Crippen LogP contribution is -2.19. The van der Waals surface area contributed by atoms with E-state index in [1.54, 1.807) is 17.8 Å². The fraction of sp³-hybridized carbons (Fsp3) is 0.545. The van der Waals surface area contributed by atoms with E-state index in [2.05, 4.69) is 15.1 Å². The maximum Gasteiger partial charge on any atom is 0.163 e. The predicted octanol–water partition coefficient (Wildman–Crippen LogP) is 0.803. The molecule has 2 aromatic heterocycles. The average molecular weight is 233 g/mol. The van der Waals surface area contributed by atoms with Gasteiger partial charge in [-0.15, -0.1) is 0 Å². The van der Waals surface area contributed by atoms with E-state index < -0.39 is 0 Å². The monoisotopic (exact) mass is 233 g/mol. The number of aryl methyl sites for hydroxylation is 1. The van der Waals surface area contributed by atoms with Gasteiger partial charge in [0, 0.05) is 0 Å². The summed E-state index contributed by atoms with van der Waals surface area (Å²) in [5.74, 6) is 1.08. The SMILES string of the molecule is Cc1nc(N)c2cnn(C3CCCC3O)c2n1. The third-order valence-electron chi connectivity index (χ3n) is 3.35. The molecule has 2 heterocycles. The van der Waals surface area contributed by atoms with E-state index >= 15 is 0 Å². The van der Waals surface area contributed by atoms with Crippen molar-refractivity contribution < 1.29 is 5.11 Å². The van der Waals surface area contributed by atoms with Crippen LogP contribution in [0.4, 0.5) is 5.82 Å². The zero-order valence-electron chi connectivity index (χ0n) is 9.67. The molecule has 1 aliphatic rings. The molecule has 0 bridgehead atoms. The standard InChI is InChI=1S/C11H15N5O/c1-6-14-10(12)7-5-13-16(11(7)15-6)8-3-2-4-9(8)17/h5,8-9,17H,2-4H2,1H3,(H2,12,14,15). The van der Waals surface area contributed by atoms with Gasteiger partial charge in [0.1, 0.15) is 11.6 Å². The number of fused-ring (bicyclic) bond motifs is 1. The van der Waals surface area contributed by atoms with Crippen LogP contribution in [0.2, 0.25) is 0 Å². The lowest BCUT2D eigenvalue weighted by Gasteiger charge is -2.15. The van der Waals surface area contributed by atoms with Crippen LogP contribution in [0.25, 0.3) is 11.0 Å². The molecule has 0 amide bonds. The van der Waals surface area contributed by atoms with Gasteiger partial charge < -0.3 is 10.8 Å². The minimum absolute atomic E-state index is 0.0150. The summed E-state index contributed by atoms with van der Waals surface area (Å²) < 4.78 is 1.79. The largest absolute Gasteiger partial charge is 0.391 e. The van der Waals surface area contributed by atoms with Gasteiger partial charge in [-0.2, -0.15) is 5.10 Å². The molecule has 6 nitrogen and oxygen atoms in total. The van der Waals surface area contributed by atoms with Crippen molar-refractivity contribution >= 4 is 16.9 Å². The Bertz CT molecular complexity index is 564. The van der Waals surface area contributed by atoms with Gasteiger partial charge in [0.2, 0.25) is 0 Å². The molecule has 0 saturated heterocycles. The van der Waals surface area contributed by atoms with Crippen molar-refractivity contribution in [1.82, 2.24) is 19.7 Å². The molecule has 1 saturated carbocycles. The number of nitrogen functional groups attached to an aromatic ring is 1. The highest BCUT2D eigenvalue weighted by atomic mass is 16.3. The first kappa shape index (κ1) is 10.5. The highest BCUT2D eigenvalue weighted by Gasteiger charge is 2.29. The van der Waals surface area contributed by atoms with Crippen LogP contribution in [0, 0.1) is 6.92 Å². The van der Waals surface area contributed by atoms with Crippen LogP contribution in [0.3, 0.4) is 0 Å². The number of rotatable bonds is 1. The van der Waals surface area contributed by atoms with Gasteiger partial charge in [-0.25, -0.2) is 14.6 Å². The number of aliphatic hydroxyl groups excluding tert-OH is 1. The molecule has 2 unspecified atom stereocenters. The van der Waals surface area contributed by atoms with Gasteiger partial charge in [-0.1, -0.05) is 0 Å². The second-order valence-corrected chi connectivity index (χ2v) is 4.55. The summed E-state index contributed by atoms with van der Waals surface area (Å²) in [6.07, 6.45) is 4.11. The molecule has 0 spiro atoms. The lowest BCUT2D eigenvalue weighted by molar-refractivity contribution is 0.132. The minimum Gasteiger partial charge on any atom is -0.391 e. The molecular weight excluding hydrogens is 218 g/mol. The number of hydrogen-bond acceptors (Lipinski definition) is 5. The van der Waals surface area contributed by atoms with Crippen molar-refractivity contribution in [2.45, 2.75) is 38.3 Å². The number of anilines is 1. The highest BCUT2D eigenvalue weighted by molar-refractivity contribution is 5.85. The first-order valence-electron chi connectivity index (χ1n) is 5.82.